The van der Waals surface area contributed by atoms with E-state index in [2.05, 4.69) is 23.3 Å². The van der Waals surface area contributed by atoms with Crippen molar-refractivity contribution in [2.24, 2.45) is 0 Å². The van der Waals surface area contributed by atoms with Crippen molar-refractivity contribution < 1.29 is 1.37 Å². The fourth-order valence-electron chi connectivity index (χ4n) is 3.11. The molecule has 0 bridgehead atoms. The molecule has 2 aromatic heterocycles. The molecule has 0 unspecified atom stereocenters. The quantitative estimate of drug-likeness (QED) is 0.789. The molecule has 5 heteroatoms. The van der Waals surface area contributed by atoms with Crippen molar-refractivity contribution in [2.75, 3.05) is 0 Å². The third-order valence-electron chi connectivity index (χ3n) is 4.26. The van der Waals surface area contributed by atoms with E-state index in [0.29, 0.717) is 17.2 Å². The van der Waals surface area contributed by atoms with Gasteiger partial charge in [0.1, 0.15) is 5.69 Å². The monoisotopic (exact) mass is 316 g/mol. The molecule has 24 heavy (non-hydrogen) atoms. The highest BCUT2D eigenvalue weighted by molar-refractivity contribution is 5.83. The number of rotatable bonds is 2. The van der Waals surface area contributed by atoms with Gasteiger partial charge in [-0.25, -0.2) is 0 Å². The molecule has 0 amide bonds. The van der Waals surface area contributed by atoms with Crippen LogP contribution in [0.1, 0.15) is 19.6 Å². The molecule has 118 valence electrons. The molecule has 0 radical (unpaired) electrons. The van der Waals surface area contributed by atoms with Gasteiger partial charge in [-0.15, -0.1) is 0 Å². The van der Waals surface area contributed by atoms with E-state index in [1.807, 2.05) is 28.9 Å². The highest BCUT2D eigenvalue weighted by atomic mass is 15.3. The molecule has 1 aliphatic rings. The lowest BCUT2D eigenvalue weighted by atomic mass is 9.98. The topological polar surface area (TPSA) is 66.5 Å². The maximum atomic E-state index is 9.26. The van der Waals surface area contributed by atoms with Crippen LogP contribution in [-0.4, -0.2) is 20.8 Å². The molecule has 1 atom stereocenters. The Morgan fingerprint density at radius 2 is 2.12 bits per heavy atom. The van der Waals surface area contributed by atoms with Gasteiger partial charge in [0.2, 0.25) is 0 Å². The van der Waals surface area contributed by atoms with Crippen LogP contribution in [0.25, 0.3) is 22.4 Å². The van der Waals surface area contributed by atoms with Crippen molar-refractivity contribution in [1.29, 1.82) is 5.26 Å². The van der Waals surface area contributed by atoms with Crippen molar-refractivity contribution in [3.63, 3.8) is 0 Å². The van der Waals surface area contributed by atoms with Crippen LogP contribution in [0.5, 0.6) is 0 Å². The Hall–Kier alpha value is -2.97. The zero-order valence-electron chi connectivity index (χ0n) is 14.3. The summed E-state index contributed by atoms with van der Waals surface area (Å²) in [5.41, 5.74) is 4.91. The SMILES string of the molecule is [2H]c1c(C#N)cccc1-c1nn2c(c1-c1ccncc1)CN[C@H](C)C2. The van der Waals surface area contributed by atoms with Gasteiger partial charge in [-0.1, -0.05) is 12.1 Å². The van der Waals surface area contributed by atoms with E-state index in [0.717, 1.165) is 35.6 Å². The first kappa shape index (κ1) is 13.5. The van der Waals surface area contributed by atoms with Crippen LogP contribution in [0.3, 0.4) is 0 Å². The third-order valence-corrected chi connectivity index (χ3v) is 4.26. The summed E-state index contributed by atoms with van der Waals surface area (Å²) < 4.78 is 10.4. The van der Waals surface area contributed by atoms with Gasteiger partial charge in [-0.05, 0) is 36.7 Å². The molecule has 1 aliphatic heterocycles. The summed E-state index contributed by atoms with van der Waals surface area (Å²) in [5.74, 6) is 0. The van der Waals surface area contributed by atoms with Crippen LogP contribution in [0, 0.1) is 11.3 Å². The molecule has 4 rings (SSSR count). The molecule has 0 aliphatic carbocycles. The summed E-state index contributed by atoms with van der Waals surface area (Å²) in [6.45, 7) is 3.62. The van der Waals surface area contributed by atoms with Crippen molar-refractivity contribution in [1.82, 2.24) is 20.1 Å². The van der Waals surface area contributed by atoms with E-state index in [-0.39, 0.29) is 6.04 Å². The third kappa shape index (κ3) is 2.47. The van der Waals surface area contributed by atoms with Gasteiger partial charge in [0.05, 0.1) is 25.2 Å². The Labute approximate surface area is 142 Å². The fourth-order valence-corrected chi connectivity index (χ4v) is 3.11. The number of fused-ring (bicyclic) bond motifs is 1. The molecular weight excluding hydrogens is 298 g/mol. The maximum Gasteiger partial charge on any atom is 0.101 e. The number of nitrogens with one attached hydrogen (secondary N) is 1. The number of nitriles is 1. The predicted octanol–water partition coefficient (Wildman–Crippen LogP) is 2.98. The van der Waals surface area contributed by atoms with Gasteiger partial charge in [0.15, 0.2) is 0 Å². The average molecular weight is 316 g/mol. The summed E-state index contributed by atoms with van der Waals surface area (Å²) in [5, 5.41) is 17.5. The van der Waals surface area contributed by atoms with Gasteiger partial charge in [-0.3, -0.25) is 9.67 Å². The number of pyridine rings is 1. The predicted molar refractivity (Wildman–Crippen MR) is 91.9 cm³/mol. The summed E-state index contributed by atoms with van der Waals surface area (Å²) in [7, 11) is 0. The first-order chi connectivity index (χ1) is 12.2. The average Bonchev–Trinajstić information content (AvgIpc) is 3.00. The van der Waals surface area contributed by atoms with E-state index < -0.39 is 0 Å². The van der Waals surface area contributed by atoms with E-state index in [1.165, 1.54) is 0 Å². The molecule has 0 fully saturated rings. The van der Waals surface area contributed by atoms with Crippen molar-refractivity contribution in [3.8, 4) is 28.5 Å². The van der Waals surface area contributed by atoms with Crippen molar-refractivity contribution in [3.05, 3.63) is 60.0 Å². The van der Waals surface area contributed by atoms with Crippen LogP contribution in [0.4, 0.5) is 0 Å². The first-order valence-corrected chi connectivity index (χ1v) is 7.92. The zero-order valence-corrected chi connectivity index (χ0v) is 13.3. The molecule has 5 nitrogen and oxygen atoms in total. The van der Waals surface area contributed by atoms with E-state index >= 15 is 0 Å². The molecule has 3 aromatic rings. The second-order valence-corrected chi connectivity index (χ2v) is 5.96. The molecule has 0 spiro atoms. The smallest absolute Gasteiger partial charge is 0.101 e. The summed E-state index contributed by atoms with van der Waals surface area (Å²) in [6.07, 6.45) is 3.52. The largest absolute Gasteiger partial charge is 0.307 e. The summed E-state index contributed by atoms with van der Waals surface area (Å²) >= 11 is 0. The molecule has 3 heterocycles. The fraction of sp³-hybridized carbons (Fsp3) is 0.211. The Bertz CT molecular complexity index is 971. The summed E-state index contributed by atoms with van der Waals surface area (Å²) in [6, 6.07) is 11.9. The highest BCUT2D eigenvalue weighted by Gasteiger charge is 2.24. The van der Waals surface area contributed by atoms with E-state index in [9.17, 15) is 5.26 Å². The number of nitrogens with zero attached hydrogens (tertiary/aromatic N) is 4. The minimum atomic E-state index is 0.219. The number of hydrogen-bond donors (Lipinski definition) is 1. The first-order valence-electron chi connectivity index (χ1n) is 8.42. The van der Waals surface area contributed by atoms with Gasteiger partial charge in [-0.2, -0.15) is 10.4 Å². The van der Waals surface area contributed by atoms with Gasteiger partial charge < -0.3 is 5.32 Å². The molecule has 1 N–H and O–H groups in total. The van der Waals surface area contributed by atoms with Crippen molar-refractivity contribution in [2.45, 2.75) is 26.1 Å². The van der Waals surface area contributed by atoms with Crippen molar-refractivity contribution >= 4 is 0 Å². The lowest BCUT2D eigenvalue weighted by molar-refractivity contribution is 0.390. The molecule has 1 aromatic carbocycles. The minimum absolute atomic E-state index is 0.219. The van der Waals surface area contributed by atoms with Gasteiger partial charge in [0.25, 0.3) is 0 Å². The Morgan fingerprint density at radius 1 is 1.29 bits per heavy atom. The van der Waals surface area contributed by atoms with Crippen LogP contribution >= 0.6 is 0 Å². The van der Waals surface area contributed by atoms with Crippen LogP contribution in [0.2, 0.25) is 0 Å². The normalized spacial score (nSPS) is 17.0. The Morgan fingerprint density at radius 3 is 2.92 bits per heavy atom. The summed E-state index contributed by atoms with van der Waals surface area (Å²) in [4.78, 5) is 4.10. The van der Waals surface area contributed by atoms with Crippen LogP contribution < -0.4 is 5.32 Å². The number of benzene rings is 1. The molecular formula is C19H17N5. The maximum absolute atomic E-state index is 9.26. The lowest BCUT2D eigenvalue weighted by Crippen LogP contribution is -2.36. The highest BCUT2D eigenvalue weighted by Crippen LogP contribution is 2.35. The van der Waals surface area contributed by atoms with Gasteiger partial charge >= 0.3 is 0 Å². The molecule has 0 saturated carbocycles. The zero-order chi connectivity index (χ0) is 17.4. The Kier molecular flexibility index (Phi) is 3.32. The van der Waals surface area contributed by atoms with Crippen LogP contribution in [-0.2, 0) is 13.1 Å². The number of aromatic nitrogens is 3. The van der Waals surface area contributed by atoms with Gasteiger partial charge in [0, 0.05) is 36.1 Å². The number of hydrogen-bond acceptors (Lipinski definition) is 4. The second-order valence-electron chi connectivity index (χ2n) is 5.96. The standard InChI is InChI=1S/C19H17N5/c1-13-12-24-17(11-22-13)18(15-5-7-21-8-6-15)19(23-24)16-4-2-3-14(9-16)10-20/h2-9,13,22H,11-12H2,1H3/t13-/m1/s1/i9D. The second kappa shape index (κ2) is 5.91. The minimum Gasteiger partial charge on any atom is -0.307 e. The Balaban J connectivity index is 1.99. The lowest BCUT2D eigenvalue weighted by Gasteiger charge is -2.22. The van der Waals surface area contributed by atoms with E-state index in [4.69, 9.17) is 6.47 Å². The van der Waals surface area contributed by atoms with E-state index in [1.54, 1.807) is 18.5 Å². The van der Waals surface area contributed by atoms with Crippen LogP contribution in [0.15, 0.2) is 48.8 Å². The molecule has 0 saturated heterocycles.